The number of nitrogens with two attached hydrogens (primary N) is 1. The van der Waals surface area contributed by atoms with Gasteiger partial charge in [-0.1, -0.05) is 6.07 Å². The number of nitro groups is 1. The van der Waals surface area contributed by atoms with Crippen molar-refractivity contribution in [2.75, 3.05) is 10.7 Å². The monoisotopic (exact) mass is 287 g/mol. The third kappa shape index (κ3) is 3.31. The zero-order chi connectivity index (χ0) is 15.4. The van der Waals surface area contributed by atoms with Gasteiger partial charge in [-0.25, -0.2) is 4.98 Å². The van der Waals surface area contributed by atoms with E-state index in [9.17, 15) is 14.9 Å². The maximum atomic E-state index is 12.1. The Hall–Kier alpha value is -3.00. The smallest absolute Gasteiger partial charge is 0.293 e. The lowest BCUT2D eigenvalue weighted by Gasteiger charge is -2.07. The lowest BCUT2D eigenvalue weighted by Crippen LogP contribution is -2.15. The van der Waals surface area contributed by atoms with Gasteiger partial charge in [0.2, 0.25) is 0 Å². The number of hydrazine groups is 1. The van der Waals surface area contributed by atoms with Crippen LogP contribution in [-0.2, 0) is 0 Å². The first-order valence-electron chi connectivity index (χ1n) is 6.00. The van der Waals surface area contributed by atoms with Gasteiger partial charge in [-0.3, -0.25) is 20.8 Å². The molecule has 0 aliphatic heterocycles. The third-order valence-electron chi connectivity index (χ3n) is 2.76. The van der Waals surface area contributed by atoms with Crippen molar-refractivity contribution in [2.24, 2.45) is 5.84 Å². The van der Waals surface area contributed by atoms with Crippen LogP contribution in [0.4, 0.5) is 17.2 Å². The van der Waals surface area contributed by atoms with E-state index in [1.54, 1.807) is 12.3 Å². The van der Waals surface area contributed by atoms with Crippen LogP contribution < -0.4 is 16.6 Å². The Kier molecular flexibility index (Phi) is 4.10. The summed E-state index contributed by atoms with van der Waals surface area (Å²) in [5.74, 6) is 5.19. The normalized spacial score (nSPS) is 10.0. The van der Waals surface area contributed by atoms with Crippen LogP contribution in [0.2, 0.25) is 0 Å². The van der Waals surface area contributed by atoms with E-state index in [1.807, 2.05) is 13.0 Å². The summed E-state index contributed by atoms with van der Waals surface area (Å²) < 4.78 is 0. The summed E-state index contributed by atoms with van der Waals surface area (Å²) in [6.07, 6.45) is 1.62. The molecule has 21 heavy (non-hydrogen) atoms. The Morgan fingerprint density at radius 2 is 2.10 bits per heavy atom. The molecule has 0 fully saturated rings. The number of carbonyl (C=O) groups is 1. The minimum atomic E-state index is -0.585. The fourth-order valence-electron chi connectivity index (χ4n) is 1.68. The lowest BCUT2D eigenvalue weighted by molar-refractivity contribution is -0.384. The second-order valence-electron chi connectivity index (χ2n) is 4.31. The second-order valence-corrected chi connectivity index (χ2v) is 4.31. The topological polar surface area (TPSA) is 123 Å². The number of nitrogen functional groups attached to an aromatic ring is 1. The van der Waals surface area contributed by atoms with E-state index in [4.69, 9.17) is 5.84 Å². The zero-order valence-electron chi connectivity index (χ0n) is 11.2. The van der Waals surface area contributed by atoms with Crippen molar-refractivity contribution < 1.29 is 9.72 Å². The average molecular weight is 287 g/mol. The number of amides is 1. The van der Waals surface area contributed by atoms with Crippen molar-refractivity contribution >= 4 is 23.1 Å². The van der Waals surface area contributed by atoms with E-state index in [0.29, 0.717) is 5.82 Å². The van der Waals surface area contributed by atoms with E-state index >= 15 is 0 Å². The van der Waals surface area contributed by atoms with Crippen molar-refractivity contribution in [3.63, 3.8) is 0 Å². The van der Waals surface area contributed by atoms with Gasteiger partial charge in [0.05, 0.1) is 4.92 Å². The molecule has 0 bridgehead atoms. The molecule has 0 aliphatic rings. The van der Waals surface area contributed by atoms with Gasteiger partial charge in [0.1, 0.15) is 11.5 Å². The minimum absolute atomic E-state index is 0.0597. The van der Waals surface area contributed by atoms with Crippen LogP contribution in [0, 0.1) is 17.0 Å². The fourth-order valence-corrected chi connectivity index (χ4v) is 1.68. The molecule has 0 aliphatic carbocycles. The average Bonchev–Trinajstić information content (AvgIpc) is 2.48. The van der Waals surface area contributed by atoms with Gasteiger partial charge in [-0.2, -0.15) is 0 Å². The van der Waals surface area contributed by atoms with Gasteiger partial charge in [0, 0.05) is 17.8 Å². The highest BCUT2D eigenvalue weighted by molar-refractivity contribution is 6.04. The highest BCUT2D eigenvalue weighted by Gasteiger charge is 2.16. The number of carbonyl (C=O) groups excluding carboxylic acids is 1. The maximum Gasteiger partial charge on any atom is 0.293 e. The molecule has 108 valence electrons. The number of nitrogens with one attached hydrogen (secondary N) is 2. The Morgan fingerprint density at radius 1 is 1.33 bits per heavy atom. The predicted octanol–water partition coefficient (Wildman–Crippen LogP) is 1.84. The summed E-state index contributed by atoms with van der Waals surface area (Å²) in [6.45, 7) is 1.88. The van der Waals surface area contributed by atoms with Crippen LogP contribution in [-0.4, -0.2) is 15.8 Å². The summed E-state index contributed by atoms with van der Waals surface area (Å²) in [7, 11) is 0. The molecule has 4 N–H and O–H groups in total. The molecule has 8 heteroatoms. The number of rotatable bonds is 4. The number of aromatic nitrogens is 1. The Labute approximate surface area is 120 Å². The molecule has 1 heterocycles. The van der Waals surface area contributed by atoms with Crippen molar-refractivity contribution in [1.82, 2.24) is 4.98 Å². The number of nitrogens with zero attached hydrogens (tertiary/aromatic N) is 2. The van der Waals surface area contributed by atoms with Gasteiger partial charge in [-0.15, -0.1) is 0 Å². The van der Waals surface area contributed by atoms with E-state index < -0.39 is 10.8 Å². The van der Waals surface area contributed by atoms with E-state index in [-0.39, 0.29) is 16.9 Å². The summed E-state index contributed by atoms with van der Waals surface area (Å²) in [5.41, 5.74) is 3.26. The molecule has 2 rings (SSSR count). The standard InChI is InChI=1S/C13H13N5O3/c1-8-2-5-12(15-7-8)16-13(19)9-3-4-11(18(20)21)10(6-9)17-14/h2-7,17H,14H2,1H3,(H,15,16,19). The first-order chi connectivity index (χ1) is 10.0. The number of hydrogen-bond acceptors (Lipinski definition) is 6. The van der Waals surface area contributed by atoms with Gasteiger partial charge < -0.3 is 10.7 Å². The molecule has 0 radical (unpaired) electrons. The van der Waals surface area contributed by atoms with Crippen LogP contribution in [0.15, 0.2) is 36.5 Å². The number of anilines is 2. The number of aryl methyl sites for hydroxylation is 1. The second kappa shape index (κ2) is 5.97. The zero-order valence-corrected chi connectivity index (χ0v) is 11.2. The highest BCUT2D eigenvalue weighted by atomic mass is 16.6. The van der Waals surface area contributed by atoms with Gasteiger partial charge >= 0.3 is 0 Å². The quantitative estimate of drug-likeness (QED) is 0.448. The fraction of sp³-hybridized carbons (Fsp3) is 0.0769. The van der Waals surface area contributed by atoms with Crippen molar-refractivity contribution in [2.45, 2.75) is 6.92 Å². The molecular weight excluding hydrogens is 274 g/mol. The first kappa shape index (κ1) is 14.4. The Balaban J connectivity index is 2.23. The molecule has 1 amide bonds. The predicted molar refractivity (Wildman–Crippen MR) is 77.8 cm³/mol. The Bertz CT molecular complexity index is 685. The molecule has 0 saturated carbocycles. The van der Waals surface area contributed by atoms with E-state index in [0.717, 1.165) is 5.56 Å². The van der Waals surface area contributed by atoms with Crippen LogP contribution >= 0.6 is 0 Å². The van der Waals surface area contributed by atoms with E-state index in [1.165, 1.54) is 18.2 Å². The Morgan fingerprint density at radius 3 is 2.67 bits per heavy atom. The highest BCUT2D eigenvalue weighted by Crippen LogP contribution is 2.24. The van der Waals surface area contributed by atoms with Crippen molar-refractivity contribution in [3.8, 4) is 0 Å². The molecule has 0 spiro atoms. The van der Waals surface area contributed by atoms with Crippen LogP contribution in [0.5, 0.6) is 0 Å². The summed E-state index contributed by atoms with van der Waals surface area (Å²) >= 11 is 0. The van der Waals surface area contributed by atoms with E-state index in [2.05, 4.69) is 15.7 Å². The molecule has 2 aromatic rings. The van der Waals surface area contributed by atoms with Gasteiger partial charge in [0.15, 0.2) is 0 Å². The molecule has 0 atom stereocenters. The number of nitro benzene ring substituents is 1. The van der Waals surface area contributed by atoms with Crippen LogP contribution in [0.3, 0.4) is 0 Å². The number of benzene rings is 1. The number of pyridine rings is 1. The SMILES string of the molecule is Cc1ccc(NC(=O)c2ccc([N+](=O)[O-])c(NN)c2)nc1. The van der Waals surface area contributed by atoms with Gasteiger partial charge in [0.25, 0.3) is 11.6 Å². The van der Waals surface area contributed by atoms with Crippen molar-refractivity contribution in [1.29, 1.82) is 0 Å². The van der Waals surface area contributed by atoms with Crippen LogP contribution in [0.1, 0.15) is 15.9 Å². The third-order valence-corrected chi connectivity index (χ3v) is 2.76. The molecule has 8 nitrogen and oxygen atoms in total. The maximum absolute atomic E-state index is 12.1. The number of hydrogen-bond donors (Lipinski definition) is 3. The summed E-state index contributed by atoms with van der Waals surface area (Å²) in [6, 6.07) is 7.35. The molecule has 1 aromatic heterocycles. The van der Waals surface area contributed by atoms with Crippen LogP contribution in [0.25, 0.3) is 0 Å². The largest absolute Gasteiger partial charge is 0.318 e. The van der Waals surface area contributed by atoms with Crippen molar-refractivity contribution in [3.05, 3.63) is 57.8 Å². The molecular formula is C13H13N5O3. The molecule has 1 aromatic carbocycles. The lowest BCUT2D eigenvalue weighted by atomic mass is 10.1. The van der Waals surface area contributed by atoms with Gasteiger partial charge in [-0.05, 0) is 30.7 Å². The molecule has 0 unspecified atom stereocenters. The molecule has 0 saturated heterocycles. The summed E-state index contributed by atoms with van der Waals surface area (Å²) in [5, 5.41) is 13.4. The first-order valence-corrected chi connectivity index (χ1v) is 6.00. The summed E-state index contributed by atoms with van der Waals surface area (Å²) in [4.78, 5) is 26.3. The minimum Gasteiger partial charge on any atom is -0.318 e.